The maximum absolute atomic E-state index is 12.6. The molecule has 27 heavy (non-hydrogen) atoms. The lowest BCUT2D eigenvalue weighted by Crippen LogP contribution is -2.25. The zero-order chi connectivity index (χ0) is 19.2. The summed E-state index contributed by atoms with van der Waals surface area (Å²) in [5, 5.41) is 8.12. The number of para-hydroxylation sites is 1. The Morgan fingerprint density at radius 2 is 1.78 bits per heavy atom. The molecule has 0 aromatic heterocycles. The van der Waals surface area contributed by atoms with E-state index in [1.165, 1.54) is 0 Å². The van der Waals surface area contributed by atoms with Gasteiger partial charge in [-0.15, -0.1) is 6.42 Å². The third-order valence-electron chi connectivity index (χ3n) is 4.11. The number of anilines is 2. The first-order valence-corrected chi connectivity index (χ1v) is 8.61. The van der Waals surface area contributed by atoms with Crippen LogP contribution in [0.5, 0.6) is 0 Å². The minimum absolute atomic E-state index is 0.0249. The molecule has 1 aliphatic carbocycles. The van der Waals surface area contributed by atoms with Gasteiger partial charge in [0, 0.05) is 17.2 Å². The molecule has 0 saturated heterocycles. The van der Waals surface area contributed by atoms with E-state index in [-0.39, 0.29) is 30.2 Å². The molecule has 0 atom stereocenters. The number of carbonyl (C=O) groups excluding carboxylic acids is 3. The average molecular weight is 361 g/mol. The molecule has 1 saturated carbocycles. The third kappa shape index (κ3) is 4.73. The number of terminal acetylenes is 1. The van der Waals surface area contributed by atoms with Gasteiger partial charge in [0.05, 0.1) is 17.8 Å². The molecule has 0 heterocycles. The smallest absolute Gasteiger partial charge is 0.255 e. The number of carbonyl (C=O) groups is 3. The van der Waals surface area contributed by atoms with Crippen LogP contribution in [0.2, 0.25) is 0 Å². The highest BCUT2D eigenvalue weighted by atomic mass is 16.2. The maximum atomic E-state index is 12.6. The van der Waals surface area contributed by atoms with Crippen molar-refractivity contribution in [2.75, 3.05) is 17.2 Å². The zero-order valence-corrected chi connectivity index (χ0v) is 14.6. The minimum Gasteiger partial charge on any atom is -0.341 e. The molecule has 0 bridgehead atoms. The summed E-state index contributed by atoms with van der Waals surface area (Å²) in [4.78, 5) is 36.7. The van der Waals surface area contributed by atoms with Crippen molar-refractivity contribution in [2.45, 2.75) is 12.8 Å². The Hall–Kier alpha value is -3.59. The molecule has 3 amide bonds. The lowest BCUT2D eigenvalue weighted by molar-refractivity contribution is -0.117. The van der Waals surface area contributed by atoms with Gasteiger partial charge in [0.1, 0.15) is 0 Å². The molecule has 1 aliphatic rings. The molecular weight excluding hydrogens is 342 g/mol. The van der Waals surface area contributed by atoms with Crippen LogP contribution in [-0.2, 0) is 4.79 Å². The van der Waals surface area contributed by atoms with Gasteiger partial charge in [0.25, 0.3) is 11.8 Å². The second-order valence-corrected chi connectivity index (χ2v) is 6.23. The van der Waals surface area contributed by atoms with E-state index in [0.717, 1.165) is 12.8 Å². The molecule has 6 nitrogen and oxygen atoms in total. The molecule has 6 heteroatoms. The van der Waals surface area contributed by atoms with E-state index in [2.05, 4.69) is 21.9 Å². The molecule has 3 N–H and O–H groups in total. The Bertz CT molecular complexity index is 926. The Morgan fingerprint density at radius 3 is 2.52 bits per heavy atom. The van der Waals surface area contributed by atoms with E-state index in [1.54, 1.807) is 48.5 Å². The Labute approximate surface area is 157 Å². The topological polar surface area (TPSA) is 87.3 Å². The average Bonchev–Trinajstić information content (AvgIpc) is 3.52. The van der Waals surface area contributed by atoms with E-state index in [9.17, 15) is 14.4 Å². The van der Waals surface area contributed by atoms with Crippen molar-refractivity contribution in [3.8, 4) is 12.3 Å². The predicted molar refractivity (Wildman–Crippen MR) is 103 cm³/mol. The van der Waals surface area contributed by atoms with Crippen LogP contribution in [0.1, 0.15) is 33.6 Å². The highest BCUT2D eigenvalue weighted by Crippen LogP contribution is 2.30. The summed E-state index contributed by atoms with van der Waals surface area (Å²) in [6, 6.07) is 13.4. The van der Waals surface area contributed by atoms with E-state index >= 15 is 0 Å². The summed E-state index contributed by atoms with van der Waals surface area (Å²) < 4.78 is 0. The van der Waals surface area contributed by atoms with Crippen molar-refractivity contribution in [2.24, 2.45) is 5.92 Å². The molecule has 0 aliphatic heterocycles. The highest BCUT2D eigenvalue weighted by Gasteiger charge is 2.29. The van der Waals surface area contributed by atoms with Gasteiger partial charge in [-0.1, -0.05) is 24.1 Å². The summed E-state index contributed by atoms with van der Waals surface area (Å²) in [5.74, 6) is 1.64. The molecule has 2 aromatic carbocycles. The van der Waals surface area contributed by atoms with Crippen molar-refractivity contribution in [1.82, 2.24) is 5.32 Å². The van der Waals surface area contributed by atoms with Crippen LogP contribution in [0.4, 0.5) is 11.4 Å². The molecule has 0 radical (unpaired) electrons. The van der Waals surface area contributed by atoms with Crippen LogP contribution in [0, 0.1) is 18.3 Å². The molecule has 1 fully saturated rings. The fraction of sp³-hybridized carbons (Fsp3) is 0.190. The summed E-state index contributed by atoms with van der Waals surface area (Å²) in [7, 11) is 0. The number of nitrogens with one attached hydrogen (secondary N) is 3. The Kier molecular flexibility index (Phi) is 5.53. The number of hydrogen-bond acceptors (Lipinski definition) is 3. The van der Waals surface area contributed by atoms with Gasteiger partial charge < -0.3 is 16.0 Å². The second-order valence-electron chi connectivity index (χ2n) is 6.23. The lowest BCUT2D eigenvalue weighted by Gasteiger charge is -2.11. The monoisotopic (exact) mass is 361 g/mol. The molecule has 136 valence electrons. The fourth-order valence-corrected chi connectivity index (χ4v) is 2.54. The number of hydrogen-bond donors (Lipinski definition) is 3. The first-order valence-electron chi connectivity index (χ1n) is 8.61. The molecule has 0 spiro atoms. The van der Waals surface area contributed by atoms with Gasteiger partial charge in [0.2, 0.25) is 5.91 Å². The number of amides is 3. The van der Waals surface area contributed by atoms with Crippen molar-refractivity contribution < 1.29 is 14.4 Å². The Balaban J connectivity index is 1.73. The van der Waals surface area contributed by atoms with Crippen molar-refractivity contribution >= 4 is 29.1 Å². The molecule has 2 aromatic rings. The van der Waals surface area contributed by atoms with E-state index in [1.807, 2.05) is 0 Å². The van der Waals surface area contributed by atoms with Gasteiger partial charge >= 0.3 is 0 Å². The predicted octanol–water partition coefficient (Wildman–Crippen LogP) is 2.65. The first-order chi connectivity index (χ1) is 13.1. The first kappa shape index (κ1) is 18.2. The zero-order valence-electron chi connectivity index (χ0n) is 14.6. The number of benzene rings is 2. The number of rotatable bonds is 6. The second kappa shape index (κ2) is 8.19. The van der Waals surface area contributed by atoms with Gasteiger partial charge in [-0.3, -0.25) is 14.4 Å². The Morgan fingerprint density at radius 1 is 1.00 bits per heavy atom. The van der Waals surface area contributed by atoms with E-state index < -0.39 is 0 Å². The summed E-state index contributed by atoms with van der Waals surface area (Å²) in [6.45, 7) is 0.101. The maximum Gasteiger partial charge on any atom is 0.255 e. The van der Waals surface area contributed by atoms with Crippen LogP contribution < -0.4 is 16.0 Å². The minimum atomic E-state index is -0.380. The van der Waals surface area contributed by atoms with Gasteiger partial charge in [-0.2, -0.15) is 0 Å². The van der Waals surface area contributed by atoms with Crippen LogP contribution in [0.15, 0.2) is 48.5 Å². The molecule has 3 rings (SSSR count). The van der Waals surface area contributed by atoms with Crippen LogP contribution in [0.25, 0.3) is 0 Å². The summed E-state index contributed by atoms with van der Waals surface area (Å²) in [6.07, 6.45) is 6.97. The van der Waals surface area contributed by atoms with Gasteiger partial charge in [-0.05, 0) is 43.2 Å². The van der Waals surface area contributed by atoms with E-state index in [0.29, 0.717) is 22.5 Å². The van der Waals surface area contributed by atoms with Gasteiger partial charge in [-0.25, -0.2) is 0 Å². The quantitative estimate of drug-likeness (QED) is 0.691. The third-order valence-corrected chi connectivity index (χ3v) is 4.11. The fourth-order valence-electron chi connectivity index (χ4n) is 2.54. The van der Waals surface area contributed by atoms with Crippen LogP contribution in [0.3, 0.4) is 0 Å². The molecular formula is C21H19N3O3. The van der Waals surface area contributed by atoms with Crippen LogP contribution in [-0.4, -0.2) is 24.3 Å². The van der Waals surface area contributed by atoms with Crippen LogP contribution >= 0.6 is 0 Å². The highest BCUT2D eigenvalue weighted by molar-refractivity contribution is 6.09. The molecule has 0 unspecified atom stereocenters. The summed E-state index contributed by atoms with van der Waals surface area (Å²) in [5.41, 5.74) is 1.64. The van der Waals surface area contributed by atoms with Crippen molar-refractivity contribution in [3.05, 3.63) is 59.7 Å². The van der Waals surface area contributed by atoms with E-state index in [4.69, 9.17) is 6.42 Å². The standard InChI is InChI=1S/C21H19N3O3/c1-2-12-22-21(27)17-8-3-4-9-18(17)24-20(26)15-6-5-7-16(13-15)23-19(25)14-10-11-14/h1,3-9,13-14H,10-12H2,(H,22,27)(H,23,25)(H,24,26). The van der Waals surface area contributed by atoms with Gasteiger partial charge in [0.15, 0.2) is 0 Å². The van der Waals surface area contributed by atoms with Crippen molar-refractivity contribution in [1.29, 1.82) is 0 Å². The largest absolute Gasteiger partial charge is 0.341 e. The lowest BCUT2D eigenvalue weighted by atomic mass is 10.1. The SMILES string of the molecule is C#CCNC(=O)c1ccccc1NC(=O)c1cccc(NC(=O)C2CC2)c1. The summed E-state index contributed by atoms with van der Waals surface area (Å²) >= 11 is 0. The van der Waals surface area contributed by atoms with Crippen molar-refractivity contribution in [3.63, 3.8) is 0 Å². The normalized spacial score (nSPS) is 12.6.